The Balaban J connectivity index is 1.46. The molecule has 10 heteroatoms. The van der Waals surface area contributed by atoms with E-state index in [1.807, 2.05) is 0 Å². The summed E-state index contributed by atoms with van der Waals surface area (Å²) in [6, 6.07) is 7.30. The van der Waals surface area contributed by atoms with Crippen molar-refractivity contribution in [1.82, 2.24) is 19.9 Å². The second-order valence-corrected chi connectivity index (χ2v) is 8.54. The summed E-state index contributed by atoms with van der Waals surface area (Å²) in [4.78, 5) is 27.4. The third-order valence-corrected chi connectivity index (χ3v) is 6.09. The molecule has 3 aromatic rings. The Morgan fingerprint density at radius 1 is 1.06 bits per heavy atom. The number of amides is 1. The quantitative estimate of drug-likeness (QED) is 0.527. The van der Waals surface area contributed by atoms with Crippen molar-refractivity contribution in [3.8, 4) is 11.4 Å². The van der Waals surface area contributed by atoms with Crippen LogP contribution in [0.2, 0.25) is 0 Å². The van der Waals surface area contributed by atoms with Crippen molar-refractivity contribution in [3.63, 3.8) is 0 Å². The number of nitrogens with zero attached hydrogens (tertiary/aromatic N) is 4. The van der Waals surface area contributed by atoms with E-state index in [4.69, 9.17) is 0 Å². The molecule has 5 rings (SSSR count). The molecule has 1 amide bonds. The number of alkyl halides is 3. The molecule has 3 heterocycles. The lowest BCUT2D eigenvalue weighted by Crippen LogP contribution is -2.29. The van der Waals surface area contributed by atoms with E-state index in [0.29, 0.717) is 30.1 Å². The van der Waals surface area contributed by atoms with Crippen LogP contribution in [0.4, 0.5) is 23.4 Å². The van der Waals surface area contributed by atoms with Gasteiger partial charge in [0.25, 0.3) is 5.91 Å². The predicted molar refractivity (Wildman–Crippen MR) is 116 cm³/mol. The van der Waals surface area contributed by atoms with Crippen molar-refractivity contribution < 1.29 is 22.4 Å². The van der Waals surface area contributed by atoms with Gasteiger partial charge in [0.15, 0.2) is 5.82 Å². The van der Waals surface area contributed by atoms with Gasteiger partial charge in [-0.05, 0) is 61.1 Å². The summed E-state index contributed by atoms with van der Waals surface area (Å²) >= 11 is 0. The summed E-state index contributed by atoms with van der Waals surface area (Å²) < 4.78 is 53.2. The summed E-state index contributed by atoms with van der Waals surface area (Å²) in [5, 5.41) is 2.79. The normalized spacial score (nSPS) is 17.9. The maximum atomic E-state index is 14.1. The number of aromatic nitrogens is 3. The number of hydrogen-bond donors (Lipinski definition) is 1. The highest BCUT2D eigenvalue weighted by atomic mass is 19.4. The highest BCUT2D eigenvalue weighted by Crippen LogP contribution is 2.56. The van der Waals surface area contributed by atoms with E-state index >= 15 is 0 Å². The summed E-state index contributed by atoms with van der Waals surface area (Å²) in [6.45, 7) is 0.445. The summed E-state index contributed by atoms with van der Waals surface area (Å²) in [7, 11) is 0. The maximum Gasteiger partial charge on any atom is 0.416 e. The predicted octanol–water partition coefficient (Wildman–Crippen LogP) is 5.28. The molecule has 1 saturated heterocycles. The molecule has 2 aromatic heterocycles. The van der Waals surface area contributed by atoms with Gasteiger partial charge in [-0.2, -0.15) is 13.2 Å². The molecule has 1 aliphatic carbocycles. The second kappa shape index (κ2) is 8.19. The molecule has 174 valence electrons. The first-order chi connectivity index (χ1) is 16.2. The SMILES string of the molecule is O=C(c1cc(F)ccc1-c1ncccn1)N1CC2(CC2)C/C1=C\Nc1cc(C(F)(F)F)ccn1. The van der Waals surface area contributed by atoms with E-state index in [9.17, 15) is 22.4 Å². The highest BCUT2D eigenvalue weighted by Gasteiger charge is 2.51. The zero-order valence-electron chi connectivity index (χ0n) is 17.8. The van der Waals surface area contributed by atoms with Crippen LogP contribution in [0.3, 0.4) is 0 Å². The number of benzene rings is 1. The molecule has 2 fully saturated rings. The molecule has 0 bridgehead atoms. The molecule has 1 N–H and O–H groups in total. The average Bonchev–Trinajstić information content (AvgIpc) is 3.48. The Bertz CT molecular complexity index is 1270. The van der Waals surface area contributed by atoms with Crippen molar-refractivity contribution in [2.24, 2.45) is 5.41 Å². The minimum absolute atomic E-state index is 0.00982. The molecular formula is C24H19F4N5O. The Kier molecular flexibility index (Phi) is 5.30. The topological polar surface area (TPSA) is 71.0 Å². The van der Waals surface area contributed by atoms with Crippen LogP contribution in [0.25, 0.3) is 11.4 Å². The fourth-order valence-electron chi connectivity index (χ4n) is 4.13. The maximum absolute atomic E-state index is 14.1. The van der Waals surface area contributed by atoms with Gasteiger partial charge >= 0.3 is 6.18 Å². The van der Waals surface area contributed by atoms with Gasteiger partial charge in [-0.3, -0.25) is 4.79 Å². The van der Waals surface area contributed by atoms with Gasteiger partial charge in [0.1, 0.15) is 11.6 Å². The fraction of sp³-hybridized carbons (Fsp3) is 0.250. The smallest absolute Gasteiger partial charge is 0.345 e. The van der Waals surface area contributed by atoms with Gasteiger partial charge in [-0.25, -0.2) is 19.3 Å². The monoisotopic (exact) mass is 469 g/mol. The zero-order chi connectivity index (χ0) is 23.9. The third kappa shape index (κ3) is 4.35. The minimum atomic E-state index is -4.49. The molecule has 1 aliphatic heterocycles. The Morgan fingerprint density at radius 3 is 2.53 bits per heavy atom. The first-order valence-corrected chi connectivity index (χ1v) is 10.6. The summed E-state index contributed by atoms with van der Waals surface area (Å²) in [5.74, 6) is -0.686. The van der Waals surface area contributed by atoms with Gasteiger partial charge in [-0.1, -0.05) is 0 Å². The van der Waals surface area contributed by atoms with Crippen LogP contribution in [-0.2, 0) is 6.18 Å². The number of anilines is 1. The number of carbonyl (C=O) groups is 1. The number of likely N-dealkylation sites (tertiary alicyclic amines) is 1. The molecule has 1 aromatic carbocycles. The van der Waals surface area contributed by atoms with Gasteiger partial charge in [0, 0.05) is 42.6 Å². The van der Waals surface area contributed by atoms with Crippen LogP contribution < -0.4 is 5.32 Å². The van der Waals surface area contributed by atoms with Crippen LogP contribution in [0.15, 0.2) is 66.9 Å². The Hall–Kier alpha value is -3.82. The van der Waals surface area contributed by atoms with E-state index < -0.39 is 23.5 Å². The molecule has 34 heavy (non-hydrogen) atoms. The van der Waals surface area contributed by atoms with Crippen molar-refractivity contribution >= 4 is 11.7 Å². The van der Waals surface area contributed by atoms with E-state index in [1.165, 1.54) is 30.7 Å². The molecule has 0 radical (unpaired) electrons. The minimum Gasteiger partial charge on any atom is -0.345 e. The largest absolute Gasteiger partial charge is 0.416 e. The van der Waals surface area contributed by atoms with Gasteiger partial charge in [0.2, 0.25) is 0 Å². The average molecular weight is 469 g/mol. The van der Waals surface area contributed by atoms with Gasteiger partial charge in [0.05, 0.1) is 11.1 Å². The van der Waals surface area contributed by atoms with Crippen LogP contribution >= 0.6 is 0 Å². The number of carbonyl (C=O) groups excluding carboxylic acids is 1. The van der Waals surface area contributed by atoms with Crippen LogP contribution in [-0.4, -0.2) is 32.3 Å². The molecule has 1 saturated carbocycles. The summed E-state index contributed by atoms with van der Waals surface area (Å²) in [6.07, 6.45) is 3.61. The Morgan fingerprint density at radius 2 is 1.82 bits per heavy atom. The zero-order valence-corrected chi connectivity index (χ0v) is 17.8. The number of pyridine rings is 1. The number of halogens is 4. The standard InChI is InChI=1S/C24H19F4N5O/c25-16-2-3-18(21-30-7-1-8-31-21)19(11-16)22(34)33-14-23(5-6-23)12-17(33)13-32-20-10-15(4-9-29-20)24(26,27)28/h1-4,7-11,13H,5-6,12,14H2,(H,29,32)/b17-13+. The van der Waals surface area contributed by atoms with Crippen LogP contribution in [0, 0.1) is 11.2 Å². The van der Waals surface area contributed by atoms with Crippen molar-refractivity contribution in [3.05, 3.63) is 83.8 Å². The second-order valence-electron chi connectivity index (χ2n) is 8.54. The molecule has 0 atom stereocenters. The third-order valence-electron chi connectivity index (χ3n) is 6.09. The van der Waals surface area contributed by atoms with Gasteiger partial charge in [-0.15, -0.1) is 0 Å². The van der Waals surface area contributed by atoms with E-state index in [2.05, 4.69) is 20.3 Å². The molecule has 1 spiro atoms. The van der Waals surface area contributed by atoms with Crippen molar-refractivity contribution in [2.75, 3.05) is 11.9 Å². The number of rotatable bonds is 4. The number of nitrogens with one attached hydrogen (secondary N) is 1. The van der Waals surface area contributed by atoms with Crippen molar-refractivity contribution in [2.45, 2.75) is 25.4 Å². The lowest BCUT2D eigenvalue weighted by Gasteiger charge is -2.20. The van der Waals surface area contributed by atoms with Gasteiger partial charge < -0.3 is 10.2 Å². The first kappa shape index (κ1) is 22.0. The lowest BCUT2D eigenvalue weighted by molar-refractivity contribution is -0.137. The molecule has 6 nitrogen and oxygen atoms in total. The number of hydrogen-bond acceptors (Lipinski definition) is 5. The Labute approximate surface area is 192 Å². The molecule has 0 unspecified atom stereocenters. The van der Waals surface area contributed by atoms with E-state index in [-0.39, 0.29) is 16.8 Å². The van der Waals surface area contributed by atoms with Crippen LogP contribution in [0.5, 0.6) is 0 Å². The van der Waals surface area contributed by atoms with E-state index in [1.54, 1.807) is 11.0 Å². The molecular weight excluding hydrogens is 450 g/mol. The highest BCUT2D eigenvalue weighted by molar-refractivity contribution is 6.01. The lowest BCUT2D eigenvalue weighted by atomic mass is 10.0. The molecule has 2 aliphatic rings. The van der Waals surface area contributed by atoms with E-state index in [0.717, 1.165) is 37.2 Å². The fourth-order valence-corrected chi connectivity index (χ4v) is 4.13. The summed E-state index contributed by atoms with van der Waals surface area (Å²) in [5.41, 5.74) is 0.239. The first-order valence-electron chi connectivity index (χ1n) is 10.6. The van der Waals surface area contributed by atoms with Crippen LogP contribution in [0.1, 0.15) is 35.2 Å². The number of allylic oxidation sites excluding steroid dienone is 1. The van der Waals surface area contributed by atoms with Crippen molar-refractivity contribution in [1.29, 1.82) is 0 Å².